The molecule has 0 radical (unpaired) electrons. The second-order valence-corrected chi connectivity index (χ2v) is 2.62. The molecule has 0 amide bonds. The highest BCUT2D eigenvalue weighted by Crippen LogP contribution is 2.09. The molecule has 0 aliphatic heterocycles. The van der Waals surface area contributed by atoms with Crippen LogP contribution in [0.4, 0.5) is 0 Å². The molecule has 1 aromatic rings. The van der Waals surface area contributed by atoms with Crippen LogP contribution in [0, 0.1) is 0 Å². The zero-order valence-corrected chi connectivity index (χ0v) is 7.70. The quantitative estimate of drug-likeness (QED) is 0.643. The van der Waals surface area contributed by atoms with Crippen molar-refractivity contribution < 1.29 is 0 Å². The standard InChI is InChI=1S/C11H12N2/c1-4-9(2)13-10(3)11-7-5-6-8-12-11/h4-8H,1,3H2,2H3. The first-order valence-electron chi connectivity index (χ1n) is 4.02. The zero-order chi connectivity index (χ0) is 9.68. The van der Waals surface area contributed by atoms with Crippen LogP contribution in [0.1, 0.15) is 12.6 Å². The van der Waals surface area contributed by atoms with E-state index in [1.54, 1.807) is 12.3 Å². The van der Waals surface area contributed by atoms with Crippen LogP contribution < -0.4 is 0 Å². The minimum Gasteiger partial charge on any atom is -0.255 e. The van der Waals surface area contributed by atoms with E-state index in [0.29, 0.717) is 5.70 Å². The highest BCUT2D eigenvalue weighted by atomic mass is 14.8. The third kappa shape index (κ3) is 2.67. The summed E-state index contributed by atoms with van der Waals surface area (Å²) in [6, 6.07) is 5.65. The number of hydrogen-bond donors (Lipinski definition) is 0. The van der Waals surface area contributed by atoms with Crippen LogP contribution in [0.25, 0.3) is 5.70 Å². The lowest BCUT2D eigenvalue weighted by molar-refractivity contribution is 1.26. The maximum atomic E-state index is 4.21. The molecule has 13 heavy (non-hydrogen) atoms. The van der Waals surface area contributed by atoms with Crippen molar-refractivity contribution in [3.8, 4) is 0 Å². The molecule has 2 heteroatoms. The van der Waals surface area contributed by atoms with E-state index in [1.807, 2.05) is 25.1 Å². The Morgan fingerprint density at radius 2 is 2.31 bits per heavy atom. The van der Waals surface area contributed by atoms with Crippen LogP contribution >= 0.6 is 0 Å². The van der Waals surface area contributed by atoms with E-state index in [4.69, 9.17) is 0 Å². The van der Waals surface area contributed by atoms with Gasteiger partial charge in [0.2, 0.25) is 0 Å². The zero-order valence-electron chi connectivity index (χ0n) is 7.70. The van der Waals surface area contributed by atoms with Crippen molar-refractivity contribution in [2.45, 2.75) is 6.92 Å². The topological polar surface area (TPSA) is 25.2 Å². The predicted octanol–water partition coefficient (Wildman–Crippen LogP) is 2.70. The van der Waals surface area contributed by atoms with E-state index in [-0.39, 0.29) is 0 Å². The van der Waals surface area contributed by atoms with E-state index >= 15 is 0 Å². The van der Waals surface area contributed by atoms with Crippen molar-refractivity contribution in [2.24, 2.45) is 4.99 Å². The molecule has 0 spiro atoms. The molecule has 0 bridgehead atoms. The fourth-order valence-corrected chi connectivity index (χ4v) is 0.849. The first-order valence-corrected chi connectivity index (χ1v) is 4.02. The molecule has 1 rings (SSSR count). The lowest BCUT2D eigenvalue weighted by atomic mass is 10.3. The fraction of sp³-hybridized carbons (Fsp3) is 0.0909. The van der Waals surface area contributed by atoms with Gasteiger partial charge in [-0.15, -0.1) is 0 Å². The van der Waals surface area contributed by atoms with Crippen molar-refractivity contribution >= 4 is 11.4 Å². The van der Waals surface area contributed by atoms with E-state index in [9.17, 15) is 0 Å². The van der Waals surface area contributed by atoms with Crippen LogP contribution in [-0.2, 0) is 0 Å². The summed E-state index contributed by atoms with van der Waals surface area (Å²) in [5, 5.41) is 0. The summed E-state index contributed by atoms with van der Waals surface area (Å²) in [5.74, 6) is 0. The van der Waals surface area contributed by atoms with E-state index < -0.39 is 0 Å². The maximum absolute atomic E-state index is 4.21. The first kappa shape index (κ1) is 9.39. The summed E-state index contributed by atoms with van der Waals surface area (Å²) in [4.78, 5) is 8.33. The average Bonchev–Trinajstić information content (AvgIpc) is 2.19. The van der Waals surface area contributed by atoms with Crippen LogP contribution in [0.3, 0.4) is 0 Å². The third-order valence-corrected chi connectivity index (χ3v) is 1.57. The Bertz CT molecular complexity index is 336. The Kier molecular flexibility index (Phi) is 3.15. The molecular formula is C11H12N2. The first-order chi connectivity index (χ1) is 6.24. The van der Waals surface area contributed by atoms with Crippen LogP contribution in [-0.4, -0.2) is 10.7 Å². The Balaban J connectivity index is 2.87. The van der Waals surface area contributed by atoms with E-state index in [2.05, 4.69) is 23.1 Å². The molecular weight excluding hydrogens is 160 g/mol. The number of allylic oxidation sites excluding steroid dienone is 1. The summed E-state index contributed by atoms with van der Waals surface area (Å²) in [6.45, 7) is 9.31. The minimum absolute atomic E-state index is 0.665. The van der Waals surface area contributed by atoms with Crippen LogP contribution in [0.15, 0.2) is 48.6 Å². The second-order valence-electron chi connectivity index (χ2n) is 2.62. The normalized spacial score (nSPS) is 11.0. The molecule has 66 valence electrons. The monoisotopic (exact) mass is 172 g/mol. The van der Waals surface area contributed by atoms with Crippen molar-refractivity contribution in [3.05, 3.63) is 49.3 Å². The van der Waals surface area contributed by atoms with Gasteiger partial charge in [-0.25, -0.2) is 0 Å². The number of aromatic nitrogens is 1. The molecule has 0 saturated carbocycles. The molecule has 0 aromatic carbocycles. The Morgan fingerprint density at radius 1 is 1.54 bits per heavy atom. The number of hydrogen-bond acceptors (Lipinski definition) is 2. The van der Waals surface area contributed by atoms with Crippen LogP contribution in [0.2, 0.25) is 0 Å². The van der Waals surface area contributed by atoms with Gasteiger partial charge in [0, 0.05) is 11.9 Å². The van der Waals surface area contributed by atoms with Gasteiger partial charge in [0.05, 0.1) is 11.4 Å². The Hall–Kier alpha value is -1.70. The summed E-state index contributed by atoms with van der Waals surface area (Å²) in [6.07, 6.45) is 3.41. The third-order valence-electron chi connectivity index (χ3n) is 1.57. The average molecular weight is 172 g/mol. The fourth-order valence-electron chi connectivity index (χ4n) is 0.849. The van der Waals surface area contributed by atoms with Gasteiger partial charge < -0.3 is 0 Å². The molecule has 0 atom stereocenters. The smallest absolute Gasteiger partial charge is 0.0880 e. The molecule has 0 N–H and O–H groups in total. The number of nitrogens with zero attached hydrogens (tertiary/aromatic N) is 2. The SMILES string of the molecule is C=CC(C)=NC(=C)c1ccccn1. The van der Waals surface area contributed by atoms with Gasteiger partial charge in [-0.05, 0) is 25.1 Å². The predicted molar refractivity (Wildman–Crippen MR) is 56.6 cm³/mol. The Morgan fingerprint density at radius 3 is 2.85 bits per heavy atom. The summed E-state index contributed by atoms with van der Waals surface area (Å²) >= 11 is 0. The van der Waals surface area contributed by atoms with E-state index in [1.165, 1.54) is 0 Å². The number of aliphatic imine (C=N–C) groups is 1. The van der Waals surface area contributed by atoms with E-state index in [0.717, 1.165) is 11.4 Å². The lowest BCUT2D eigenvalue weighted by Crippen LogP contribution is -1.88. The molecule has 1 heterocycles. The van der Waals surface area contributed by atoms with Gasteiger partial charge in [-0.3, -0.25) is 9.98 Å². The molecule has 0 unspecified atom stereocenters. The van der Waals surface area contributed by atoms with Gasteiger partial charge in [-0.2, -0.15) is 0 Å². The molecule has 1 aromatic heterocycles. The van der Waals surface area contributed by atoms with Crippen LogP contribution in [0.5, 0.6) is 0 Å². The molecule has 0 aliphatic carbocycles. The molecule has 0 saturated heterocycles. The Labute approximate surface area is 78.4 Å². The minimum atomic E-state index is 0.665. The lowest BCUT2D eigenvalue weighted by Gasteiger charge is -1.98. The summed E-state index contributed by atoms with van der Waals surface area (Å²) < 4.78 is 0. The molecule has 0 fully saturated rings. The van der Waals surface area contributed by atoms with Gasteiger partial charge in [0.15, 0.2) is 0 Å². The van der Waals surface area contributed by atoms with Gasteiger partial charge >= 0.3 is 0 Å². The molecule has 0 aliphatic rings. The highest BCUT2D eigenvalue weighted by molar-refractivity contribution is 5.95. The van der Waals surface area contributed by atoms with Gasteiger partial charge in [0.1, 0.15) is 0 Å². The van der Waals surface area contributed by atoms with Gasteiger partial charge in [0.25, 0.3) is 0 Å². The maximum Gasteiger partial charge on any atom is 0.0880 e. The van der Waals surface area contributed by atoms with Crippen molar-refractivity contribution in [1.29, 1.82) is 0 Å². The van der Waals surface area contributed by atoms with Crippen molar-refractivity contribution in [2.75, 3.05) is 0 Å². The summed E-state index contributed by atoms with van der Waals surface area (Å²) in [5.41, 5.74) is 2.30. The second kappa shape index (κ2) is 4.36. The number of pyridine rings is 1. The summed E-state index contributed by atoms with van der Waals surface area (Å²) in [7, 11) is 0. The number of rotatable bonds is 3. The van der Waals surface area contributed by atoms with Crippen molar-refractivity contribution in [1.82, 2.24) is 4.98 Å². The van der Waals surface area contributed by atoms with Gasteiger partial charge in [-0.1, -0.05) is 19.2 Å². The largest absolute Gasteiger partial charge is 0.255 e. The highest BCUT2D eigenvalue weighted by Gasteiger charge is 1.95. The van der Waals surface area contributed by atoms with Crippen molar-refractivity contribution in [3.63, 3.8) is 0 Å². The molecule has 2 nitrogen and oxygen atoms in total.